The van der Waals surface area contributed by atoms with Crippen LogP contribution < -0.4 is 10.1 Å². The number of benzene rings is 2. The fourth-order valence-corrected chi connectivity index (χ4v) is 2.67. The van der Waals surface area contributed by atoms with Crippen molar-refractivity contribution in [2.24, 2.45) is 0 Å². The van der Waals surface area contributed by atoms with Gasteiger partial charge in [-0.15, -0.1) is 0 Å². The fourth-order valence-electron chi connectivity index (χ4n) is 2.67. The van der Waals surface area contributed by atoms with E-state index in [1.54, 1.807) is 12.1 Å². The molecule has 0 unspecified atom stereocenters. The van der Waals surface area contributed by atoms with Crippen LogP contribution in [0.3, 0.4) is 0 Å². The van der Waals surface area contributed by atoms with Gasteiger partial charge in [-0.05, 0) is 43.2 Å². The van der Waals surface area contributed by atoms with E-state index in [0.717, 1.165) is 12.0 Å². The van der Waals surface area contributed by atoms with Gasteiger partial charge in [-0.3, -0.25) is 4.79 Å². The first-order valence-electron chi connectivity index (χ1n) is 8.79. The maximum Gasteiger partial charge on any atom is 0.248 e. The lowest BCUT2D eigenvalue weighted by Crippen LogP contribution is -2.22. The van der Waals surface area contributed by atoms with Crippen molar-refractivity contribution in [2.75, 3.05) is 11.9 Å². The standard InChI is InChI=1S/C21H20N4O2/c1-3-11-27-21-19(24-17-9-4-5-10-18(17)25-21)16(13-22)20(26)23-15-8-6-7-14(2)12-15/h4-10,12,16H,3,11H2,1-2H3,(H,23,26)/t16-/m1/s1. The third-order valence-electron chi connectivity index (χ3n) is 3.96. The molecule has 0 saturated heterocycles. The molecule has 1 heterocycles. The van der Waals surface area contributed by atoms with Crippen LogP contribution in [0.1, 0.15) is 30.5 Å². The lowest BCUT2D eigenvalue weighted by atomic mass is 10.1. The summed E-state index contributed by atoms with van der Waals surface area (Å²) in [5.41, 5.74) is 3.14. The Labute approximate surface area is 157 Å². The van der Waals surface area contributed by atoms with Gasteiger partial charge in [0.2, 0.25) is 11.8 Å². The monoisotopic (exact) mass is 360 g/mol. The first-order chi connectivity index (χ1) is 13.1. The summed E-state index contributed by atoms with van der Waals surface area (Å²) < 4.78 is 5.69. The third-order valence-corrected chi connectivity index (χ3v) is 3.96. The van der Waals surface area contributed by atoms with Gasteiger partial charge in [0.25, 0.3) is 0 Å². The number of nitrogens with zero attached hydrogens (tertiary/aromatic N) is 3. The largest absolute Gasteiger partial charge is 0.476 e. The Balaban J connectivity index is 1.98. The quantitative estimate of drug-likeness (QED) is 0.718. The van der Waals surface area contributed by atoms with Crippen LogP contribution in [0.2, 0.25) is 0 Å². The molecule has 0 aliphatic carbocycles. The van der Waals surface area contributed by atoms with Crippen molar-refractivity contribution in [1.82, 2.24) is 9.97 Å². The Hall–Kier alpha value is -3.46. The summed E-state index contributed by atoms with van der Waals surface area (Å²) in [5.74, 6) is -1.37. The van der Waals surface area contributed by atoms with Crippen LogP contribution >= 0.6 is 0 Å². The van der Waals surface area contributed by atoms with E-state index in [4.69, 9.17) is 4.74 Å². The number of carbonyl (C=O) groups excluding carboxylic acids is 1. The number of nitrogens with one attached hydrogen (secondary N) is 1. The van der Waals surface area contributed by atoms with E-state index >= 15 is 0 Å². The Morgan fingerprint density at radius 3 is 2.59 bits per heavy atom. The molecule has 0 bridgehead atoms. The Bertz CT molecular complexity index is 1010. The van der Waals surface area contributed by atoms with Crippen molar-refractivity contribution < 1.29 is 9.53 Å². The second kappa shape index (κ2) is 8.28. The highest BCUT2D eigenvalue weighted by Gasteiger charge is 2.27. The number of carbonyl (C=O) groups is 1. The summed E-state index contributed by atoms with van der Waals surface area (Å²) >= 11 is 0. The summed E-state index contributed by atoms with van der Waals surface area (Å²) in [6.07, 6.45) is 0.778. The summed E-state index contributed by atoms with van der Waals surface area (Å²) in [4.78, 5) is 21.7. The van der Waals surface area contributed by atoms with Crippen LogP contribution in [-0.4, -0.2) is 22.5 Å². The molecule has 3 rings (SSSR count). The zero-order valence-corrected chi connectivity index (χ0v) is 15.3. The van der Waals surface area contributed by atoms with Crippen molar-refractivity contribution in [3.8, 4) is 11.9 Å². The minimum absolute atomic E-state index is 0.224. The first-order valence-corrected chi connectivity index (χ1v) is 8.79. The van der Waals surface area contributed by atoms with Crippen LogP contribution in [0.5, 0.6) is 5.88 Å². The topological polar surface area (TPSA) is 87.9 Å². The number of hydrogen-bond acceptors (Lipinski definition) is 5. The molecule has 1 aromatic heterocycles. The van der Waals surface area contributed by atoms with Crippen molar-refractivity contribution in [2.45, 2.75) is 26.2 Å². The van der Waals surface area contributed by atoms with Gasteiger partial charge in [-0.1, -0.05) is 31.2 Å². The van der Waals surface area contributed by atoms with Crippen LogP contribution in [-0.2, 0) is 4.79 Å². The summed E-state index contributed by atoms with van der Waals surface area (Å²) in [6, 6.07) is 16.7. The number of aromatic nitrogens is 2. The highest BCUT2D eigenvalue weighted by molar-refractivity contribution is 5.98. The lowest BCUT2D eigenvalue weighted by Gasteiger charge is -2.15. The van der Waals surface area contributed by atoms with E-state index in [1.807, 2.05) is 56.3 Å². The molecule has 0 spiro atoms. The maximum atomic E-state index is 12.8. The number of nitriles is 1. The van der Waals surface area contributed by atoms with E-state index < -0.39 is 11.8 Å². The molecule has 0 aliphatic heterocycles. The molecule has 1 N–H and O–H groups in total. The zero-order valence-electron chi connectivity index (χ0n) is 15.3. The lowest BCUT2D eigenvalue weighted by molar-refractivity contribution is -0.116. The number of aryl methyl sites for hydroxylation is 1. The molecule has 0 fully saturated rings. The fraction of sp³-hybridized carbons (Fsp3) is 0.238. The second-order valence-corrected chi connectivity index (χ2v) is 6.17. The van der Waals surface area contributed by atoms with Gasteiger partial charge in [0, 0.05) is 5.69 Å². The van der Waals surface area contributed by atoms with Crippen molar-refractivity contribution in [3.05, 3.63) is 59.8 Å². The molecule has 1 atom stereocenters. The average Bonchev–Trinajstić information content (AvgIpc) is 2.66. The molecular formula is C21H20N4O2. The van der Waals surface area contributed by atoms with E-state index in [9.17, 15) is 10.1 Å². The highest BCUT2D eigenvalue weighted by Crippen LogP contribution is 2.27. The molecule has 3 aromatic rings. The Morgan fingerprint density at radius 2 is 1.93 bits per heavy atom. The molecule has 0 aliphatic rings. The van der Waals surface area contributed by atoms with E-state index in [2.05, 4.69) is 15.3 Å². The molecule has 0 radical (unpaired) electrons. The van der Waals surface area contributed by atoms with Crippen LogP contribution in [0.4, 0.5) is 5.69 Å². The molecule has 6 heteroatoms. The molecule has 136 valence electrons. The average molecular weight is 360 g/mol. The Kier molecular flexibility index (Phi) is 5.62. The molecule has 27 heavy (non-hydrogen) atoms. The number of amides is 1. The van der Waals surface area contributed by atoms with Gasteiger partial charge in [0.1, 0.15) is 5.69 Å². The van der Waals surface area contributed by atoms with Gasteiger partial charge in [0.15, 0.2) is 5.92 Å². The number of anilines is 1. The number of fused-ring (bicyclic) bond motifs is 1. The predicted molar refractivity (Wildman–Crippen MR) is 103 cm³/mol. The smallest absolute Gasteiger partial charge is 0.248 e. The van der Waals surface area contributed by atoms with Gasteiger partial charge in [0.05, 0.1) is 23.7 Å². The molecule has 6 nitrogen and oxygen atoms in total. The second-order valence-electron chi connectivity index (χ2n) is 6.17. The first kappa shape index (κ1) is 18.3. The Morgan fingerprint density at radius 1 is 1.19 bits per heavy atom. The minimum atomic E-state index is -1.13. The number of ether oxygens (including phenoxy) is 1. The SMILES string of the molecule is CCCOc1nc2ccccc2nc1[C@@H](C#N)C(=O)Nc1cccc(C)c1. The number of rotatable bonds is 6. The molecule has 2 aromatic carbocycles. The number of para-hydroxylation sites is 2. The highest BCUT2D eigenvalue weighted by atomic mass is 16.5. The van der Waals surface area contributed by atoms with Crippen LogP contribution in [0.25, 0.3) is 11.0 Å². The van der Waals surface area contributed by atoms with Gasteiger partial charge in [-0.25, -0.2) is 9.97 Å². The normalized spacial score (nSPS) is 11.6. The van der Waals surface area contributed by atoms with Crippen LogP contribution in [0.15, 0.2) is 48.5 Å². The zero-order chi connectivity index (χ0) is 19.2. The number of hydrogen-bond donors (Lipinski definition) is 1. The van der Waals surface area contributed by atoms with Crippen molar-refractivity contribution in [3.63, 3.8) is 0 Å². The van der Waals surface area contributed by atoms with E-state index in [0.29, 0.717) is 23.3 Å². The maximum absolute atomic E-state index is 12.8. The van der Waals surface area contributed by atoms with Crippen molar-refractivity contribution in [1.29, 1.82) is 5.26 Å². The van der Waals surface area contributed by atoms with Crippen LogP contribution in [0, 0.1) is 18.3 Å². The van der Waals surface area contributed by atoms with E-state index in [-0.39, 0.29) is 11.6 Å². The molecular weight excluding hydrogens is 340 g/mol. The molecule has 1 amide bonds. The van der Waals surface area contributed by atoms with E-state index in [1.165, 1.54) is 0 Å². The van der Waals surface area contributed by atoms with Gasteiger partial charge >= 0.3 is 0 Å². The minimum Gasteiger partial charge on any atom is -0.476 e. The molecule has 0 saturated carbocycles. The van der Waals surface area contributed by atoms with Crippen molar-refractivity contribution >= 4 is 22.6 Å². The van der Waals surface area contributed by atoms with Gasteiger partial charge in [-0.2, -0.15) is 5.26 Å². The summed E-state index contributed by atoms with van der Waals surface area (Å²) in [6.45, 7) is 4.33. The summed E-state index contributed by atoms with van der Waals surface area (Å²) in [5, 5.41) is 12.4. The summed E-state index contributed by atoms with van der Waals surface area (Å²) in [7, 11) is 0. The predicted octanol–water partition coefficient (Wildman–Crippen LogP) is 3.97. The third kappa shape index (κ3) is 4.21. The van der Waals surface area contributed by atoms with Gasteiger partial charge < -0.3 is 10.1 Å².